The van der Waals surface area contributed by atoms with E-state index in [0.717, 1.165) is 11.3 Å². The molecule has 3 nitrogen and oxygen atoms in total. The first-order chi connectivity index (χ1) is 10.2. The summed E-state index contributed by atoms with van der Waals surface area (Å²) in [6.07, 6.45) is -0.392. The molecule has 2 aromatic rings. The van der Waals surface area contributed by atoms with E-state index in [-0.39, 0.29) is 12.4 Å². The Hall–Kier alpha value is -1.91. The summed E-state index contributed by atoms with van der Waals surface area (Å²) in [5.41, 5.74) is 1.51. The lowest BCUT2D eigenvalue weighted by atomic mass is 10.2. The van der Waals surface area contributed by atoms with Crippen LogP contribution < -0.4 is 10.1 Å². The summed E-state index contributed by atoms with van der Waals surface area (Å²) in [6.45, 7) is 3.04. The van der Waals surface area contributed by atoms with Gasteiger partial charge >= 0.3 is 0 Å². The molecule has 0 spiro atoms. The number of nitrogens with one attached hydrogen (secondary N) is 1. The minimum atomic E-state index is -0.392. The standard InChI is InChI=1S/C17H20FNO2/c1-13(20)10-19-11-14-6-3-5-9-17(14)21-12-15-7-2-4-8-16(15)18/h2-9,13,19-20H,10-12H2,1H3/t13-/m1/s1. The van der Waals surface area contributed by atoms with E-state index in [9.17, 15) is 9.50 Å². The Labute approximate surface area is 124 Å². The van der Waals surface area contributed by atoms with E-state index in [1.807, 2.05) is 24.3 Å². The van der Waals surface area contributed by atoms with E-state index in [4.69, 9.17) is 4.74 Å². The average molecular weight is 289 g/mol. The fourth-order valence-electron chi connectivity index (χ4n) is 1.98. The zero-order valence-corrected chi connectivity index (χ0v) is 12.1. The summed E-state index contributed by atoms with van der Waals surface area (Å²) in [5.74, 6) is 0.459. The van der Waals surface area contributed by atoms with Gasteiger partial charge in [-0.15, -0.1) is 0 Å². The van der Waals surface area contributed by atoms with Gasteiger partial charge in [0.1, 0.15) is 18.2 Å². The Balaban J connectivity index is 1.98. The van der Waals surface area contributed by atoms with Gasteiger partial charge in [-0.3, -0.25) is 0 Å². The van der Waals surface area contributed by atoms with Crippen molar-refractivity contribution in [3.63, 3.8) is 0 Å². The molecule has 0 bridgehead atoms. The second-order valence-corrected chi connectivity index (χ2v) is 4.97. The van der Waals surface area contributed by atoms with Gasteiger partial charge in [0, 0.05) is 24.2 Å². The highest BCUT2D eigenvalue weighted by molar-refractivity contribution is 5.33. The van der Waals surface area contributed by atoms with Gasteiger partial charge in [-0.1, -0.05) is 36.4 Å². The number of aliphatic hydroxyl groups excluding tert-OH is 1. The second-order valence-electron chi connectivity index (χ2n) is 4.97. The van der Waals surface area contributed by atoms with Gasteiger partial charge in [0.15, 0.2) is 0 Å². The average Bonchev–Trinajstić information content (AvgIpc) is 2.47. The quantitative estimate of drug-likeness (QED) is 0.823. The third-order valence-electron chi connectivity index (χ3n) is 3.07. The van der Waals surface area contributed by atoms with Gasteiger partial charge in [0.05, 0.1) is 6.10 Å². The largest absolute Gasteiger partial charge is 0.488 e. The van der Waals surface area contributed by atoms with Crippen LogP contribution in [0.4, 0.5) is 4.39 Å². The molecule has 2 aromatic carbocycles. The molecule has 0 heterocycles. The van der Waals surface area contributed by atoms with Crippen LogP contribution in [0, 0.1) is 5.82 Å². The number of aliphatic hydroxyl groups is 1. The molecule has 0 aliphatic heterocycles. The molecule has 2 rings (SSSR count). The van der Waals surface area contributed by atoms with Crippen molar-refractivity contribution in [3.8, 4) is 5.75 Å². The van der Waals surface area contributed by atoms with Crippen LogP contribution in [0.2, 0.25) is 0 Å². The maximum absolute atomic E-state index is 13.6. The van der Waals surface area contributed by atoms with E-state index >= 15 is 0 Å². The first kappa shape index (κ1) is 15.5. The van der Waals surface area contributed by atoms with Gasteiger partial charge in [0.2, 0.25) is 0 Å². The Morgan fingerprint density at radius 3 is 2.48 bits per heavy atom. The van der Waals surface area contributed by atoms with Crippen molar-refractivity contribution < 1.29 is 14.2 Å². The highest BCUT2D eigenvalue weighted by atomic mass is 19.1. The first-order valence-electron chi connectivity index (χ1n) is 6.99. The molecule has 112 valence electrons. The minimum absolute atomic E-state index is 0.195. The maximum atomic E-state index is 13.6. The SMILES string of the molecule is C[C@@H](O)CNCc1ccccc1OCc1ccccc1F. The Morgan fingerprint density at radius 1 is 1.10 bits per heavy atom. The van der Waals surface area contributed by atoms with Crippen molar-refractivity contribution in [3.05, 3.63) is 65.5 Å². The van der Waals surface area contributed by atoms with Crippen LogP contribution in [0.15, 0.2) is 48.5 Å². The molecule has 4 heteroatoms. The molecular formula is C17H20FNO2. The van der Waals surface area contributed by atoms with Crippen LogP contribution in [0.5, 0.6) is 5.75 Å². The number of halogens is 1. The smallest absolute Gasteiger partial charge is 0.129 e. The fourth-order valence-corrected chi connectivity index (χ4v) is 1.98. The Morgan fingerprint density at radius 2 is 1.76 bits per heavy atom. The van der Waals surface area contributed by atoms with E-state index in [0.29, 0.717) is 18.7 Å². The molecule has 0 saturated heterocycles. The summed E-state index contributed by atoms with van der Waals surface area (Å²) in [6, 6.07) is 14.2. The van der Waals surface area contributed by atoms with Crippen LogP contribution in [0.1, 0.15) is 18.1 Å². The molecule has 1 atom stereocenters. The summed E-state index contributed by atoms with van der Waals surface area (Å²) in [7, 11) is 0. The number of hydrogen-bond donors (Lipinski definition) is 2. The lowest BCUT2D eigenvalue weighted by Crippen LogP contribution is -2.24. The van der Waals surface area contributed by atoms with Crippen molar-refractivity contribution >= 4 is 0 Å². The lowest BCUT2D eigenvalue weighted by molar-refractivity contribution is 0.190. The van der Waals surface area contributed by atoms with Crippen LogP contribution >= 0.6 is 0 Å². The van der Waals surface area contributed by atoms with Gasteiger partial charge in [-0.05, 0) is 19.1 Å². The molecule has 0 aliphatic rings. The number of benzene rings is 2. The number of ether oxygens (including phenoxy) is 1. The molecular weight excluding hydrogens is 269 g/mol. The third-order valence-corrected chi connectivity index (χ3v) is 3.07. The Bertz CT molecular complexity index is 572. The van der Waals surface area contributed by atoms with Crippen molar-refractivity contribution in [1.82, 2.24) is 5.32 Å². The van der Waals surface area contributed by atoms with Crippen molar-refractivity contribution in [2.45, 2.75) is 26.2 Å². The van der Waals surface area contributed by atoms with Gasteiger partial charge < -0.3 is 15.2 Å². The van der Waals surface area contributed by atoms with Crippen LogP contribution in [0.25, 0.3) is 0 Å². The van der Waals surface area contributed by atoms with Gasteiger partial charge in [-0.25, -0.2) is 4.39 Å². The van der Waals surface area contributed by atoms with Crippen molar-refractivity contribution in [2.75, 3.05) is 6.54 Å². The summed E-state index contributed by atoms with van der Waals surface area (Å²) in [5, 5.41) is 12.4. The molecule has 0 unspecified atom stereocenters. The van der Waals surface area contributed by atoms with Crippen LogP contribution in [-0.4, -0.2) is 17.8 Å². The van der Waals surface area contributed by atoms with Crippen LogP contribution in [-0.2, 0) is 13.2 Å². The van der Waals surface area contributed by atoms with Crippen molar-refractivity contribution in [2.24, 2.45) is 0 Å². The molecule has 0 aromatic heterocycles. The third kappa shape index (κ3) is 4.85. The number of rotatable bonds is 7. The highest BCUT2D eigenvalue weighted by Crippen LogP contribution is 2.20. The fraction of sp³-hybridized carbons (Fsp3) is 0.294. The van der Waals surface area contributed by atoms with Gasteiger partial charge in [-0.2, -0.15) is 0 Å². The van der Waals surface area contributed by atoms with E-state index in [1.54, 1.807) is 25.1 Å². The minimum Gasteiger partial charge on any atom is -0.488 e. The molecule has 21 heavy (non-hydrogen) atoms. The molecule has 0 amide bonds. The van der Waals surface area contributed by atoms with Crippen LogP contribution in [0.3, 0.4) is 0 Å². The summed E-state index contributed by atoms with van der Waals surface area (Å²) in [4.78, 5) is 0. The molecule has 0 saturated carbocycles. The number of hydrogen-bond acceptors (Lipinski definition) is 3. The zero-order chi connectivity index (χ0) is 15.1. The molecule has 0 aliphatic carbocycles. The monoisotopic (exact) mass is 289 g/mol. The van der Waals surface area contributed by atoms with E-state index < -0.39 is 6.10 Å². The molecule has 2 N–H and O–H groups in total. The summed E-state index contributed by atoms with van der Waals surface area (Å²) >= 11 is 0. The molecule has 0 fully saturated rings. The number of para-hydroxylation sites is 1. The first-order valence-corrected chi connectivity index (χ1v) is 6.99. The zero-order valence-electron chi connectivity index (χ0n) is 12.1. The van der Waals surface area contributed by atoms with E-state index in [1.165, 1.54) is 6.07 Å². The lowest BCUT2D eigenvalue weighted by Gasteiger charge is -2.13. The topological polar surface area (TPSA) is 41.5 Å². The van der Waals surface area contributed by atoms with Gasteiger partial charge in [0.25, 0.3) is 0 Å². The normalized spacial score (nSPS) is 12.1. The maximum Gasteiger partial charge on any atom is 0.129 e. The highest BCUT2D eigenvalue weighted by Gasteiger charge is 2.06. The van der Waals surface area contributed by atoms with E-state index in [2.05, 4.69) is 5.32 Å². The second kappa shape index (κ2) is 7.76. The predicted octanol–water partition coefficient (Wildman–Crippen LogP) is 2.88. The molecule has 0 radical (unpaired) electrons. The summed E-state index contributed by atoms with van der Waals surface area (Å²) < 4.78 is 19.3. The predicted molar refractivity (Wildman–Crippen MR) is 80.6 cm³/mol. The Kier molecular flexibility index (Phi) is 5.72. The van der Waals surface area contributed by atoms with Crippen molar-refractivity contribution in [1.29, 1.82) is 0 Å².